The van der Waals surface area contributed by atoms with Crippen molar-refractivity contribution in [1.29, 1.82) is 0 Å². The smallest absolute Gasteiger partial charge is 0.240 e. The number of hydrogen-bond donors (Lipinski definition) is 3. The predicted molar refractivity (Wildman–Crippen MR) is 121 cm³/mol. The minimum atomic E-state index is -3.58. The monoisotopic (exact) mass is 458 g/mol. The molecule has 31 heavy (non-hydrogen) atoms. The van der Waals surface area contributed by atoms with Gasteiger partial charge in [-0.15, -0.1) is 5.10 Å². The third kappa shape index (κ3) is 4.43. The van der Waals surface area contributed by atoms with E-state index < -0.39 is 15.3 Å². The van der Waals surface area contributed by atoms with Gasteiger partial charge < -0.3 is 5.32 Å². The molecule has 1 atom stereocenters. The Morgan fingerprint density at radius 3 is 2.52 bits per heavy atom. The molecule has 0 saturated heterocycles. The number of aromatic amines is 1. The van der Waals surface area contributed by atoms with Crippen LogP contribution in [0.5, 0.6) is 0 Å². The molecule has 4 aromatic rings. The summed E-state index contributed by atoms with van der Waals surface area (Å²) in [5.41, 5.74) is 2.27. The van der Waals surface area contributed by atoms with Crippen molar-refractivity contribution in [2.75, 3.05) is 5.32 Å². The van der Waals surface area contributed by atoms with Gasteiger partial charge >= 0.3 is 0 Å². The molecule has 0 fully saturated rings. The normalized spacial score (nSPS) is 13.2. The number of amides is 1. The number of thioether (sulfide) groups is 1. The SMILES string of the molecule is CC(C)NS(=O)(=O)c1ccc(NC(=O)[C@@H](C)Sc2n[nH]c3nc4ccccc4n23)cc1. The lowest BCUT2D eigenvalue weighted by Gasteiger charge is -2.12. The van der Waals surface area contributed by atoms with Crippen LogP contribution in [0.15, 0.2) is 58.6 Å². The molecule has 0 aliphatic heterocycles. The Kier molecular flexibility index (Phi) is 5.73. The fourth-order valence-corrected chi connectivity index (χ4v) is 5.19. The Balaban J connectivity index is 1.46. The molecule has 11 heteroatoms. The van der Waals surface area contributed by atoms with Crippen molar-refractivity contribution in [2.45, 2.75) is 42.1 Å². The molecular formula is C20H22N6O3S2. The van der Waals surface area contributed by atoms with Gasteiger partial charge in [-0.3, -0.25) is 9.20 Å². The zero-order valence-electron chi connectivity index (χ0n) is 17.2. The maximum absolute atomic E-state index is 12.7. The van der Waals surface area contributed by atoms with Gasteiger partial charge in [0.25, 0.3) is 0 Å². The van der Waals surface area contributed by atoms with Crippen LogP contribution in [0.3, 0.4) is 0 Å². The van der Waals surface area contributed by atoms with Crippen LogP contribution < -0.4 is 10.0 Å². The number of aromatic nitrogens is 4. The quantitative estimate of drug-likeness (QED) is 0.366. The fourth-order valence-electron chi connectivity index (χ4n) is 3.07. The van der Waals surface area contributed by atoms with E-state index in [1.807, 2.05) is 28.7 Å². The van der Waals surface area contributed by atoms with Gasteiger partial charge in [0.2, 0.25) is 21.7 Å². The molecule has 0 unspecified atom stereocenters. The molecule has 0 aliphatic carbocycles. The summed E-state index contributed by atoms with van der Waals surface area (Å²) in [7, 11) is -3.58. The molecule has 2 heterocycles. The van der Waals surface area contributed by atoms with Gasteiger partial charge in [-0.05, 0) is 57.2 Å². The molecule has 9 nitrogen and oxygen atoms in total. The van der Waals surface area contributed by atoms with Crippen molar-refractivity contribution >= 4 is 50.2 Å². The molecule has 0 spiro atoms. The van der Waals surface area contributed by atoms with Crippen LogP contribution in [0.4, 0.5) is 5.69 Å². The predicted octanol–water partition coefficient (Wildman–Crippen LogP) is 3.02. The molecule has 0 aliphatic rings. The van der Waals surface area contributed by atoms with E-state index in [4.69, 9.17) is 0 Å². The fraction of sp³-hybridized carbons (Fsp3) is 0.250. The van der Waals surface area contributed by atoms with Crippen molar-refractivity contribution in [3.05, 3.63) is 48.5 Å². The van der Waals surface area contributed by atoms with Crippen molar-refractivity contribution in [3.63, 3.8) is 0 Å². The van der Waals surface area contributed by atoms with Gasteiger partial charge in [-0.2, -0.15) is 0 Å². The number of hydrogen-bond acceptors (Lipinski definition) is 6. The first kappa shape index (κ1) is 21.3. The van der Waals surface area contributed by atoms with Crippen LogP contribution >= 0.6 is 11.8 Å². The Bertz CT molecular complexity index is 1340. The molecule has 2 aromatic heterocycles. The molecule has 4 rings (SSSR count). The highest BCUT2D eigenvalue weighted by Crippen LogP contribution is 2.26. The minimum absolute atomic E-state index is 0.146. The van der Waals surface area contributed by atoms with E-state index in [9.17, 15) is 13.2 Å². The van der Waals surface area contributed by atoms with Gasteiger partial charge in [-0.1, -0.05) is 23.9 Å². The summed E-state index contributed by atoms with van der Waals surface area (Å²) < 4.78 is 28.8. The number of nitrogens with zero attached hydrogens (tertiary/aromatic N) is 3. The Hall–Kier alpha value is -2.89. The van der Waals surface area contributed by atoms with Gasteiger partial charge in [-0.25, -0.2) is 23.2 Å². The summed E-state index contributed by atoms with van der Waals surface area (Å²) in [6, 6.07) is 13.6. The van der Waals surface area contributed by atoms with E-state index in [1.165, 1.54) is 23.9 Å². The second-order valence-electron chi connectivity index (χ2n) is 7.32. The highest BCUT2D eigenvalue weighted by molar-refractivity contribution is 8.00. The second-order valence-corrected chi connectivity index (χ2v) is 10.3. The number of anilines is 1. The number of fused-ring (bicyclic) bond motifs is 3. The highest BCUT2D eigenvalue weighted by atomic mass is 32.2. The van der Waals surface area contributed by atoms with E-state index in [0.29, 0.717) is 16.6 Å². The van der Waals surface area contributed by atoms with Crippen LogP contribution in [0, 0.1) is 0 Å². The third-order valence-electron chi connectivity index (χ3n) is 4.48. The third-order valence-corrected chi connectivity index (χ3v) is 7.20. The highest BCUT2D eigenvalue weighted by Gasteiger charge is 2.20. The van der Waals surface area contributed by atoms with Crippen LogP contribution in [0.1, 0.15) is 20.8 Å². The summed E-state index contributed by atoms with van der Waals surface area (Å²) in [4.78, 5) is 17.3. The summed E-state index contributed by atoms with van der Waals surface area (Å²) in [5.74, 6) is 0.393. The first-order valence-electron chi connectivity index (χ1n) is 9.66. The maximum Gasteiger partial charge on any atom is 0.240 e. The van der Waals surface area contributed by atoms with E-state index in [1.54, 1.807) is 32.9 Å². The number of rotatable bonds is 7. The lowest BCUT2D eigenvalue weighted by atomic mass is 10.3. The van der Waals surface area contributed by atoms with Crippen molar-refractivity contribution in [1.82, 2.24) is 24.3 Å². The van der Waals surface area contributed by atoms with Gasteiger partial charge in [0, 0.05) is 11.7 Å². The average Bonchev–Trinajstić information content (AvgIpc) is 3.27. The molecule has 0 bridgehead atoms. The second kappa shape index (κ2) is 8.33. The number of sulfonamides is 1. The number of carbonyl (C=O) groups is 1. The van der Waals surface area contributed by atoms with Gasteiger partial charge in [0.15, 0.2) is 5.16 Å². The summed E-state index contributed by atoms with van der Waals surface area (Å²) in [6.45, 7) is 5.29. The summed E-state index contributed by atoms with van der Waals surface area (Å²) in [6.07, 6.45) is 0. The first-order chi connectivity index (χ1) is 14.7. The van der Waals surface area contributed by atoms with Crippen molar-refractivity contribution in [3.8, 4) is 0 Å². The van der Waals surface area contributed by atoms with Crippen molar-refractivity contribution in [2.24, 2.45) is 0 Å². The maximum atomic E-state index is 12.7. The largest absolute Gasteiger partial charge is 0.325 e. The molecule has 1 amide bonds. The standard InChI is InChI=1S/C20H22N6O3S2/c1-12(2)25-31(28,29)15-10-8-14(9-11-15)21-18(27)13(3)30-20-24-23-19-22-16-6-4-5-7-17(16)26(19)20/h4-13,25H,1-3H3,(H,21,27)(H,22,23)/t13-/m1/s1. The molecular weight excluding hydrogens is 436 g/mol. The molecule has 2 aromatic carbocycles. The number of imidazole rings is 1. The number of nitrogens with one attached hydrogen (secondary N) is 3. The molecule has 0 saturated carbocycles. The lowest BCUT2D eigenvalue weighted by Crippen LogP contribution is -2.30. The number of carbonyl (C=O) groups excluding carboxylic acids is 1. The van der Waals surface area contributed by atoms with E-state index >= 15 is 0 Å². The topological polar surface area (TPSA) is 121 Å². The number of H-pyrrole nitrogens is 1. The zero-order valence-corrected chi connectivity index (χ0v) is 18.8. The van der Waals surface area contributed by atoms with E-state index in [0.717, 1.165) is 11.0 Å². The molecule has 162 valence electrons. The minimum Gasteiger partial charge on any atom is -0.325 e. The zero-order chi connectivity index (χ0) is 22.2. The van der Waals surface area contributed by atoms with Crippen LogP contribution in [0.2, 0.25) is 0 Å². The Morgan fingerprint density at radius 1 is 1.10 bits per heavy atom. The van der Waals surface area contributed by atoms with Gasteiger partial charge in [0.1, 0.15) is 0 Å². The summed E-state index contributed by atoms with van der Waals surface area (Å²) >= 11 is 1.30. The lowest BCUT2D eigenvalue weighted by molar-refractivity contribution is -0.115. The summed E-state index contributed by atoms with van der Waals surface area (Å²) in [5, 5.41) is 10.2. The number of para-hydroxylation sites is 2. The Morgan fingerprint density at radius 2 is 1.81 bits per heavy atom. The van der Waals surface area contributed by atoms with E-state index in [-0.39, 0.29) is 16.8 Å². The van der Waals surface area contributed by atoms with Gasteiger partial charge in [0.05, 0.1) is 21.2 Å². The Labute approximate surface area is 183 Å². The van der Waals surface area contributed by atoms with Crippen LogP contribution in [-0.2, 0) is 14.8 Å². The van der Waals surface area contributed by atoms with E-state index in [2.05, 4.69) is 25.2 Å². The van der Waals surface area contributed by atoms with Crippen LogP contribution in [0.25, 0.3) is 16.8 Å². The van der Waals surface area contributed by atoms with Crippen LogP contribution in [-0.4, -0.2) is 45.2 Å². The first-order valence-corrected chi connectivity index (χ1v) is 12.0. The average molecular weight is 459 g/mol. The molecule has 0 radical (unpaired) electrons. The van der Waals surface area contributed by atoms with Crippen molar-refractivity contribution < 1.29 is 13.2 Å². The molecule has 3 N–H and O–H groups in total. The number of benzene rings is 2.